The monoisotopic (exact) mass is 449 g/mol. The molecule has 1 aliphatic heterocycles. The van der Waals surface area contributed by atoms with Crippen LogP contribution in [0.1, 0.15) is 56.1 Å². The molecule has 8 heteroatoms. The lowest BCUT2D eigenvalue weighted by Gasteiger charge is -2.25. The van der Waals surface area contributed by atoms with Crippen LogP contribution >= 0.6 is 0 Å². The Hall–Kier alpha value is -2.71. The average Bonchev–Trinajstić information content (AvgIpc) is 3.43. The molecule has 0 spiro atoms. The number of aromatic nitrogens is 4. The highest BCUT2D eigenvalue weighted by Gasteiger charge is 2.55. The molecule has 0 aromatic carbocycles. The Kier molecular flexibility index (Phi) is 4.85. The summed E-state index contributed by atoms with van der Waals surface area (Å²) in [6, 6.07) is 4.16. The van der Waals surface area contributed by atoms with Gasteiger partial charge in [-0.1, -0.05) is 0 Å². The Balaban J connectivity index is 1.29. The number of hydrogen-bond donors (Lipinski definition) is 1. The molecule has 0 bridgehead atoms. The fraction of sp³-hybridized carbons (Fsp3) is 0.560. The second-order valence-corrected chi connectivity index (χ2v) is 10.1. The minimum atomic E-state index is -0.629. The van der Waals surface area contributed by atoms with Crippen LogP contribution in [-0.4, -0.2) is 44.1 Å². The predicted octanol–water partition coefficient (Wildman–Crippen LogP) is 3.76. The van der Waals surface area contributed by atoms with Gasteiger partial charge in [0, 0.05) is 35.1 Å². The lowest BCUT2D eigenvalue weighted by atomic mass is 9.95. The summed E-state index contributed by atoms with van der Waals surface area (Å²) in [4.78, 5) is 13.4. The number of nitrogen functional groups attached to an aromatic ring is 1. The van der Waals surface area contributed by atoms with E-state index in [1.54, 1.807) is 0 Å². The number of anilines is 1. The number of rotatable bonds is 4. The molecule has 3 aromatic heterocycles. The molecule has 33 heavy (non-hydrogen) atoms. The van der Waals surface area contributed by atoms with Crippen molar-refractivity contribution in [2.45, 2.75) is 76.9 Å². The van der Waals surface area contributed by atoms with Crippen LogP contribution in [0.3, 0.4) is 0 Å². The molecule has 0 radical (unpaired) electrons. The normalized spacial score (nSPS) is 28.1. The smallest absolute Gasteiger partial charge is 0.163 e. The molecule has 8 nitrogen and oxygen atoms in total. The Morgan fingerprint density at radius 3 is 2.88 bits per heavy atom. The minimum absolute atomic E-state index is 0.0413. The van der Waals surface area contributed by atoms with Crippen LogP contribution in [0.15, 0.2) is 24.7 Å². The number of hydrogen-bond acceptors (Lipinski definition) is 7. The summed E-state index contributed by atoms with van der Waals surface area (Å²) in [5, 5.41) is 0.866. The predicted molar refractivity (Wildman–Crippen MR) is 124 cm³/mol. The zero-order valence-electron chi connectivity index (χ0n) is 19.5. The number of aryl methyl sites for hydroxylation is 2. The largest absolute Gasteiger partial charge is 0.493 e. The topological polar surface area (TPSA) is 97.3 Å². The SMILES string of the molecule is Cc1cc(OC[C@@H]2C[C@@H](n3ccc4c(N)ncnc43)[C@@H]3OC(C)(C)O[C@H]23)c2c(n1)CCCC2. The quantitative estimate of drug-likeness (QED) is 0.648. The summed E-state index contributed by atoms with van der Waals surface area (Å²) in [5.41, 5.74) is 10.4. The van der Waals surface area contributed by atoms with Crippen molar-refractivity contribution >= 4 is 16.9 Å². The van der Waals surface area contributed by atoms with Gasteiger partial charge in [-0.15, -0.1) is 0 Å². The molecule has 4 atom stereocenters. The first-order chi connectivity index (χ1) is 15.9. The van der Waals surface area contributed by atoms with E-state index in [2.05, 4.69) is 20.6 Å². The number of pyridine rings is 1. The molecule has 174 valence electrons. The molecular formula is C25H31N5O3. The third-order valence-electron chi connectivity index (χ3n) is 7.29. The summed E-state index contributed by atoms with van der Waals surface area (Å²) in [5.74, 6) is 1.05. The standard InChI is InChI=1S/C25H31N5O3/c1-14-10-20(16-6-4-5-7-18(16)29-14)31-12-15-11-19(22-21(15)32-25(2,3)33-22)30-9-8-17-23(26)27-13-28-24(17)30/h8-10,13,15,19,21-22H,4-7,11-12H2,1-3H3,(H2,26,27,28)/t15-,19+,21+,22-/m0/s1. The Labute approximate surface area is 193 Å². The maximum absolute atomic E-state index is 6.49. The van der Waals surface area contributed by atoms with E-state index in [1.165, 1.54) is 30.4 Å². The van der Waals surface area contributed by atoms with E-state index in [-0.39, 0.29) is 24.2 Å². The van der Waals surface area contributed by atoms with Crippen LogP contribution in [0.5, 0.6) is 5.75 Å². The third kappa shape index (κ3) is 3.56. The maximum atomic E-state index is 6.49. The van der Waals surface area contributed by atoms with E-state index in [0.717, 1.165) is 41.7 Å². The van der Waals surface area contributed by atoms with Gasteiger partial charge in [0.05, 0.1) is 24.1 Å². The fourth-order valence-corrected chi connectivity index (χ4v) is 5.88. The molecule has 2 aliphatic carbocycles. The fourth-order valence-electron chi connectivity index (χ4n) is 5.88. The van der Waals surface area contributed by atoms with Crippen molar-refractivity contribution in [1.82, 2.24) is 19.5 Å². The highest BCUT2D eigenvalue weighted by molar-refractivity contribution is 5.86. The van der Waals surface area contributed by atoms with Crippen molar-refractivity contribution < 1.29 is 14.2 Å². The molecular weight excluding hydrogens is 418 g/mol. The van der Waals surface area contributed by atoms with Gasteiger partial charge in [0.2, 0.25) is 0 Å². The highest BCUT2D eigenvalue weighted by atomic mass is 16.8. The first-order valence-electron chi connectivity index (χ1n) is 11.9. The van der Waals surface area contributed by atoms with E-state index >= 15 is 0 Å². The van der Waals surface area contributed by atoms with Gasteiger partial charge in [-0.25, -0.2) is 9.97 Å². The number of ether oxygens (including phenoxy) is 3. The van der Waals surface area contributed by atoms with Crippen molar-refractivity contribution in [3.8, 4) is 5.75 Å². The van der Waals surface area contributed by atoms with Gasteiger partial charge in [0.25, 0.3) is 0 Å². The third-order valence-corrected chi connectivity index (χ3v) is 7.29. The molecule has 2 N–H and O–H groups in total. The van der Waals surface area contributed by atoms with E-state index < -0.39 is 5.79 Å². The summed E-state index contributed by atoms with van der Waals surface area (Å²) in [6.45, 7) is 6.60. The average molecular weight is 450 g/mol. The minimum Gasteiger partial charge on any atom is -0.493 e. The molecule has 4 heterocycles. The molecule has 0 amide bonds. The van der Waals surface area contributed by atoms with Gasteiger partial charge in [-0.05, 0) is 58.9 Å². The first-order valence-corrected chi connectivity index (χ1v) is 11.9. The van der Waals surface area contributed by atoms with Crippen molar-refractivity contribution in [2.24, 2.45) is 5.92 Å². The second-order valence-electron chi connectivity index (χ2n) is 10.1. The molecule has 1 saturated heterocycles. The Bertz CT molecular complexity index is 1210. The highest BCUT2D eigenvalue weighted by Crippen LogP contribution is 2.48. The first kappa shape index (κ1) is 20.9. The van der Waals surface area contributed by atoms with Gasteiger partial charge >= 0.3 is 0 Å². The van der Waals surface area contributed by atoms with Crippen LogP contribution < -0.4 is 10.5 Å². The summed E-state index contributed by atoms with van der Waals surface area (Å²) in [6.07, 6.45) is 8.81. The Morgan fingerprint density at radius 1 is 1.18 bits per heavy atom. The molecule has 0 unspecified atom stereocenters. The van der Waals surface area contributed by atoms with E-state index in [4.69, 9.17) is 24.9 Å². The van der Waals surface area contributed by atoms with Gasteiger partial charge in [0.15, 0.2) is 5.79 Å². The van der Waals surface area contributed by atoms with Crippen molar-refractivity contribution in [2.75, 3.05) is 12.3 Å². The van der Waals surface area contributed by atoms with Crippen LogP contribution in [0.2, 0.25) is 0 Å². The second kappa shape index (κ2) is 7.67. The van der Waals surface area contributed by atoms with E-state index in [1.807, 2.05) is 33.0 Å². The number of nitrogens with two attached hydrogens (primary N) is 1. The van der Waals surface area contributed by atoms with Crippen molar-refractivity contribution in [3.05, 3.63) is 41.6 Å². The summed E-state index contributed by atoms with van der Waals surface area (Å²) >= 11 is 0. The molecule has 2 fully saturated rings. The maximum Gasteiger partial charge on any atom is 0.163 e. The lowest BCUT2D eigenvalue weighted by molar-refractivity contribution is -0.161. The summed E-state index contributed by atoms with van der Waals surface area (Å²) < 4.78 is 21.4. The van der Waals surface area contributed by atoms with Gasteiger partial charge in [-0.3, -0.25) is 4.98 Å². The number of nitrogens with zero attached hydrogens (tertiary/aromatic N) is 4. The van der Waals surface area contributed by atoms with Gasteiger partial charge < -0.3 is 24.5 Å². The Morgan fingerprint density at radius 2 is 2.00 bits per heavy atom. The van der Waals surface area contributed by atoms with Crippen molar-refractivity contribution in [1.29, 1.82) is 0 Å². The van der Waals surface area contributed by atoms with Crippen LogP contribution in [-0.2, 0) is 22.3 Å². The van der Waals surface area contributed by atoms with E-state index in [9.17, 15) is 0 Å². The lowest BCUT2D eigenvalue weighted by Crippen LogP contribution is -2.29. The zero-order chi connectivity index (χ0) is 22.7. The summed E-state index contributed by atoms with van der Waals surface area (Å²) in [7, 11) is 0. The van der Waals surface area contributed by atoms with Crippen LogP contribution in [0.4, 0.5) is 5.82 Å². The van der Waals surface area contributed by atoms with E-state index in [0.29, 0.717) is 12.4 Å². The van der Waals surface area contributed by atoms with Crippen LogP contribution in [0.25, 0.3) is 11.0 Å². The molecule has 3 aliphatic rings. The molecule has 6 rings (SSSR count). The zero-order valence-corrected chi connectivity index (χ0v) is 19.5. The van der Waals surface area contributed by atoms with Crippen molar-refractivity contribution in [3.63, 3.8) is 0 Å². The van der Waals surface area contributed by atoms with Gasteiger partial charge in [-0.2, -0.15) is 0 Å². The van der Waals surface area contributed by atoms with Crippen LogP contribution in [0, 0.1) is 12.8 Å². The molecule has 3 aromatic rings. The molecule has 1 saturated carbocycles. The number of fused-ring (bicyclic) bond motifs is 3. The van der Waals surface area contributed by atoms with Gasteiger partial charge in [0.1, 0.15) is 29.6 Å².